The third-order valence-corrected chi connectivity index (χ3v) is 5.11. The van der Waals surface area contributed by atoms with Crippen molar-refractivity contribution in [2.45, 2.75) is 6.10 Å². The minimum absolute atomic E-state index is 0.0417. The second kappa shape index (κ2) is 7.02. The van der Waals surface area contributed by atoms with Gasteiger partial charge in [0, 0.05) is 17.2 Å². The quantitative estimate of drug-likeness (QED) is 0.710. The van der Waals surface area contributed by atoms with Crippen LogP contribution in [0.1, 0.15) is 22.8 Å². The van der Waals surface area contributed by atoms with Gasteiger partial charge in [-0.2, -0.15) is 0 Å². The molecule has 0 aromatic heterocycles. The molecule has 0 bridgehead atoms. The van der Waals surface area contributed by atoms with E-state index >= 15 is 0 Å². The Morgan fingerprint density at radius 2 is 1.86 bits per heavy atom. The molecule has 0 saturated carbocycles. The molecule has 0 aliphatic carbocycles. The van der Waals surface area contributed by atoms with Crippen molar-refractivity contribution in [1.82, 2.24) is 0 Å². The van der Waals surface area contributed by atoms with Gasteiger partial charge >= 0.3 is 0 Å². The molecule has 1 N–H and O–H groups in total. The van der Waals surface area contributed by atoms with Gasteiger partial charge in [0.05, 0.1) is 12.8 Å². The molecule has 144 valence electrons. The lowest BCUT2D eigenvalue weighted by Gasteiger charge is -2.29. The van der Waals surface area contributed by atoms with Crippen LogP contribution in [0.5, 0.6) is 17.2 Å². The molecular formula is C24H19NO4. The molecule has 29 heavy (non-hydrogen) atoms. The van der Waals surface area contributed by atoms with E-state index in [2.05, 4.69) is 11.4 Å². The van der Waals surface area contributed by atoms with E-state index in [0.717, 1.165) is 33.8 Å². The van der Waals surface area contributed by atoms with Crippen molar-refractivity contribution >= 4 is 23.2 Å². The van der Waals surface area contributed by atoms with Gasteiger partial charge in [0.15, 0.2) is 6.61 Å². The normalized spacial score (nSPS) is 17.1. The molecule has 2 aliphatic heterocycles. The lowest BCUT2D eigenvalue weighted by molar-refractivity contribution is -0.118. The summed E-state index contributed by atoms with van der Waals surface area (Å²) in [5.74, 6) is 2.05. The summed E-state index contributed by atoms with van der Waals surface area (Å²) in [4.78, 5) is 11.7. The first-order valence-corrected chi connectivity index (χ1v) is 9.39. The van der Waals surface area contributed by atoms with Gasteiger partial charge in [-0.25, -0.2) is 0 Å². The molecule has 0 radical (unpaired) electrons. The molecule has 5 nitrogen and oxygen atoms in total. The van der Waals surface area contributed by atoms with Crippen molar-refractivity contribution in [2.24, 2.45) is 0 Å². The van der Waals surface area contributed by atoms with E-state index in [-0.39, 0.29) is 18.6 Å². The summed E-state index contributed by atoms with van der Waals surface area (Å²) >= 11 is 0. The summed E-state index contributed by atoms with van der Waals surface area (Å²) in [5, 5.41) is 2.88. The van der Waals surface area contributed by atoms with Crippen LogP contribution >= 0.6 is 0 Å². The van der Waals surface area contributed by atoms with Gasteiger partial charge in [-0.3, -0.25) is 4.79 Å². The summed E-state index contributed by atoms with van der Waals surface area (Å²) < 4.78 is 17.3. The Morgan fingerprint density at radius 1 is 1.00 bits per heavy atom. The maximum Gasteiger partial charge on any atom is 0.262 e. The number of ether oxygens (including phenoxy) is 3. The number of benzene rings is 3. The highest BCUT2D eigenvalue weighted by Gasteiger charge is 2.27. The Labute approximate surface area is 168 Å². The van der Waals surface area contributed by atoms with Crippen LogP contribution in [0.25, 0.3) is 11.6 Å². The first-order valence-electron chi connectivity index (χ1n) is 9.39. The minimum Gasteiger partial charge on any atom is -0.497 e. The summed E-state index contributed by atoms with van der Waals surface area (Å²) in [7, 11) is 1.64. The van der Waals surface area contributed by atoms with Crippen molar-refractivity contribution in [1.29, 1.82) is 0 Å². The molecule has 0 fully saturated rings. The fourth-order valence-corrected chi connectivity index (χ4v) is 3.67. The van der Waals surface area contributed by atoms with E-state index in [1.165, 1.54) is 0 Å². The predicted octanol–water partition coefficient (Wildman–Crippen LogP) is 4.70. The monoisotopic (exact) mass is 385 g/mol. The number of amides is 1. The number of hydrogen-bond donors (Lipinski definition) is 1. The number of hydrogen-bond acceptors (Lipinski definition) is 4. The number of nitrogens with one attached hydrogen (secondary N) is 1. The number of carbonyl (C=O) groups is 1. The van der Waals surface area contributed by atoms with Crippen molar-refractivity contribution in [3.8, 4) is 17.2 Å². The fourth-order valence-electron chi connectivity index (χ4n) is 3.67. The van der Waals surface area contributed by atoms with E-state index < -0.39 is 0 Å². The lowest BCUT2D eigenvalue weighted by Crippen LogP contribution is -2.25. The van der Waals surface area contributed by atoms with Gasteiger partial charge in [-0.15, -0.1) is 0 Å². The molecule has 0 spiro atoms. The molecule has 1 unspecified atom stereocenters. The number of rotatable bonds is 3. The van der Waals surface area contributed by atoms with Crippen molar-refractivity contribution in [3.05, 3.63) is 83.4 Å². The standard InChI is InChI=1S/C24H19NO4/c1-27-18-9-7-17-11-19(16-8-10-21-20(12-16)25-23(26)14-28-21)24(29-22(17)13-18)15-5-3-2-4-6-15/h2-13,24H,14H2,1H3,(H,25,26). The topological polar surface area (TPSA) is 56.8 Å². The molecule has 3 aromatic carbocycles. The van der Waals surface area contributed by atoms with E-state index in [0.29, 0.717) is 11.4 Å². The highest BCUT2D eigenvalue weighted by atomic mass is 16.5. The van der Waals surface area contributed by atoms with Crippen LogP contribution in [0, 0.1) is 0 Å². The Balaban J connectivity index is 1.63. The Morgan fingerprint density at radius 3 is 2.69 bits per heavy atom. The Bertz CT molecular complexity index is 1120. The average molecular weight is 385 g/mol. The van der Waals surface area contributed by atoms with E-state index in [1.54, 1.807) is 7.11 Å². The molecule has 5 rings (SSSR count). The number of methoxy groups -OCH3 is 1. The molecular weight excluding hydrogens is 366 g/mol. The van der Waals surface area contributed by atoms with Gasteiger partial charge < -0.3 is 19.5 Å². The van der Waals surface area contributed by atoms with E-state index in [1.807, 2.05) is 66.7 Å². The SMILES string of the molecule is COc1ccc2c(c1)OC(c1ccccc1)C(c1ccc3c(c1)NC(=O)CO3)=C2. The summed E-state index contributed by atoms with van der Waals surface area (Å²) in [5.41, 5.74) is 4.67. The van der Waals surface area contributed by atoms with Crippen LogP contribution in [0.3, 0.4) is 0 Å². The molecule has 2 heterocycles. The molecule has 1 amide bonds. The Kier molecular flexibility index (Phi) is 4.21. The second-order valence-electron chi connectivity index (χ2n) is 6.96. The van der Waals surface area contributed by atoms with Gasteiger partial charge in [-0.1, -0.05) is 36.4 Å². The maximum absolute atomic E-state index is 11.7. The summed E-state index contributed by atoms with van der Waals surface area (Å²) in [6, 6.07) is 21.7. The van der Waals surface area contributed by atoms with Gasteiger partial charge in [0.25, 0.3) is 5.91 Å². The highest BCUT2D eigenvalue weighted by Crippen LogP contribution is 2.44. The van der Waals surface area contributed by atoms with Crippen LogP contribution in [-0.2, 0) is 4.79 Å². The van der Waals surface area contributed by atoms with Crippen molar-refractivity contribution in [3.63, 3.8) is 0 Å². The van der Waals surface area contributed by atoms with Crippen molar-refractivity contribution in [2.75, 3.05) is 19.0 Å². The van der Waals surface area contributed by atoms with Crippen LogP contribution in [-0.4, -0.2) is 19.6 Å². The second-order valence-corrected chi connectivity index (χ2v) is 6.96. The zero-order valence-electron chi connectivity index (χ0n) is 15.8. The lowest BCUT2D eigenvalue weighted by atomic mass is 9.90. The summed E-state index contributed by atoms with van der Waals surface area (Å²) in [6.07, 6.45) is 1.84. The van der Waals surface area contributed by atoms with E-state index in [9.17, 15) is 4.79 Å². The third kappa shape index (κ3) is 3.21. The molecule has 1 atom stereocenters. The zero-order chi connectivity index (χ0) is 19.8. The van der Waals surface area contributed by atoms with Gasteiger partial charge in [0.1, 0.15) is 23.4 Å². The summed E-state index contributed by atoms with van der Waals surface area (Å²) in [6.45, 7) is 0.0417. The van der Waals surface area contributed by atoms with E-state index in [4.69, 9.17) is 14.2 Å². The number of fused-ring (bicyclic) bond motifs is 2. The molecule has 3 aromatic rings. The maximum atomic E-state index is 11.7. The molecule has 5 heteroatoms. The number of carbonyl (C=O) groups excluding carboxylic acids is 1. The first kappa shape index (κ1) is 17.4. The fraction of sp³-hybridized carbons (Fsp3) is 0.125. The van der Waals surface area contributed by atoms with Crippen LogP contribution < -0.4 is 19.5 Å². The number of anilines is 1. The average Bonchev–Trinajstić information content (AvgIpc) is 2.78. The van der Waals surface area contributed by atoms with Crippen LogP contribution in [0.15, 0.2) is 66.7 Å². The Hall–Kier alpha value is -3.73. The smallest absolute Gasteiger partial charge is 0.262 e. The van der Waals surface area contributed by atoms with Crippen molar-refractivity contribution < 1.29 is 19.0 Å². The zero-order valence-corrected chi connectivity index (χ0v) is 15.8. The molecule has 2 aliphatic rings. The minimum atomic E-state index is -0.283. The molecule has 0 saturated heterocycles. The predicted molar refractivity (Wildman–Crippen MR) is 111 cm³/mol. The van der Waals surface area contributed by atoms with Gasteiger partial charge in [0.2, 0.25) is 0 Å². The van der Waals surface area contributed by atoms with Crippen LogP contribution in [0.4, 0.5) is 5.69 Å². The first-order chi connectivity index (χ1) is 14.2. The van der Waals surface area contributed by atoms with Gasteiger partial charge in [-0.05, 0) is 41.5 Å². The third-order valence-electron chi connectivity index (χ3n) is 5.11. The van der Waals surface area contributed by atoms with Crippen LogP contribution in [0.2, 0.25) is 0 Å². The largest absolute Gasteiger partial charge is 0.497 e. The highest BCUT2D eigenvalue weighted by molar-refractivity contribution is 5.97.